The third-order valence-electron chi connectivity index (χ3n) is 6.13. The van der Waals surface area contributed by atoms with Crippen molar-refractivity contribution in [2.75, 3.05) is 26.3 Å². The maximum Gasteiger partial charge on any atom is 0.217 e. The summed E-state index contributed by atoms with van der Waals surface area (Å²) in [6.45, 7) is 5.44. The molecule has 3 aromatic rings. The van der Waals surface area contributed by atoms with Gasteiger partial charge in [0, 0.05) is 30.1 Å². The minimum absolute atomic E-state index is 0.0201. The summed E-state index contributed by atoms with van der Waals surface area (Å²) in [5, 5.41) is 3.32. The van der Waals surface area contributed by atoms with E-state index in [1.807, 2.05) is 35.0 Å². The molecule has 0 radical (unpaired) electrons. The van der Waals surface area contributed by atoms with Crippen LogP contribution >= 0.6 is 12.2 Å². The zero-order valence-electron chi connectivity index (χ0n) is 18.0. The van der Waals surface area contributed by atoms with Crippen molar-refractivity contribution in [3.05, 3.63) is 58.4 Å². The summed E-state index contributed by atoms with van der Waals surface area (Å²) in [5.41, 5.74) is 2.93. The number of aromatic amines is 1. The fraction of sp³-hybridized carbons (Fsp3) is 0.375. The number of piperidine rings is 1. The number of Topliss-reactive ketones (excluding diaryl/α,β-unsaturated/α-hetero) is 1. The summed E-state index contributed by atoms with van der Waals surface area (Å²) in [6.07, 6.45) is 1.64. The van der Waals surface area contributed by atoms with E-state index < -0.39 is 0 Å². The first-order valence-corrected chi connectivity index (χ1v) is 11.4. The summed E-state index contributed by atoms with van der Waals surface area (Å²) in [5.74, 6) is 2.35. The lowest BCUT2D eigenvalue weighted by Crippen LogP contribution is -2.37. The van der Waals surface area contributed by atoms with E-state index in [0.717, 1.165) is 37.3 Å². The Morgan fingerprint density at radius 1 is 1.09 bits per heavy atom. The monoisotopic (exact) mass is 450 g/mol. The molecule has 32 heavy (non-hydrogen) atoms. The largest absolute Gasteiger partial charge is 0.486 e. The second-order valence-electron chi connectivity index (χ2n) is 8.41. The maximum atomic E-state index is 13.0. The van der Waals surface area contributed by atoms with Crippen molar-refractivity contribution in [2.24, 2.45) is 5.92 Å². The van der Waals surface area contributed by atoms with Gasteiger partial charge < -0.3 is 9.47 Å². The quantitative estimate of drug-likeness (QED) is 0.463. The summed E-state index contributed by atoms with van der Waals surface area (Å²) in [7, 11) is 0. The van der Waals surface area contributed by atoms with Crippen LogP contribution in [0.1, 0.15) is 28.8 Å². The second kappa shape index (κ2) is 8.88. The second-order valence-corrected chi connectivity index (χ2v) is 8.77. The van der Waals surface area contributed by atoms with Crippen LogP contribution < -0.4 is 9.47 Å². The highest BCUT2D eigenvalue weighted by atomic mass is 32.1. The van der Waals surface area contributed by atoms with Crippen LogP contribution in [0, 0.1) is 17.6 Å². The number of carbonyl (C=O) groups is 1. The van der Waals surface area contributed by atoms with Crippen LogP contribution in [0.4, 0.5) is 0 Å². The molecule has 0 amide bonds. The number of rotatable bonds is 5. The normalized spacial score (nSPS) is 16.8. The first-order chi connectivity index (χ1) is 15.6. The Kier molecular flexibility index (Phi) is 5.80. The highest BCUT2D eigenvalue weighted by Gasteiger charge is 2.27. The van der Waals surface area contributed by atoms with E-state index in [1.54, 1.807) is 0 Å². The van der Waals surface area contributed by atoms with E-state index in [1.165, 1.54) is 5.56 Å². The Morgan fingerprint density at radius 3 is 2.56 bits per heavy atom. The van der Waals surface area contributed by atoms with Gasteiger partial charge in [-0.15, -0.1) is 0 Å². The minimum Gasteiger partial charge on any atom is -0.486 e. The predicted molar refractivity (Wildman–Crippen MR) is 124 cm³/mol. The molecular formula is C24H26N4O3S. The number of likely N-dealkylation sites (tertiary alicyclic amines) is 1. The molecule has 0 saturated carbocycles. The Morgan fingerprint density at radius 2 is 1.81 bits per heavy atom. The van der Waals surface area contributed by atoms with Crippen molar-refractivity contribution in [1.29, 1.82) is 0 Å². The molecule has 0 bridgehead atoms. The predicted octanol–water partition coefficient (Wildman–Crippen LogP) is 4.24. The van der Waals surface area contributed by atoms with Gasteiger partial charge in [-0.1, -0.05) is 29.8 Å². The zero-order chi connectivity index (χ0) is 22.1. The lowest BCUT2D eigenvalue weighted by Gasteiger charge is -2.31. The molecule has 166 valence electrons. The molecule has 0 unspecified atom stereocenters. The van der Waals surface area contributed by atoms with Gasteiger partial charge in [-0.3, -0.25) is 14.8 Å². The van der Waals surface area contributed by atoms with Crippen molar-refractivity contribution in [1.82, 2.24) is 19.7 Å². The number of nitrogens with one attached hydrogen (secondary N) is 1. The van der Waals surface area contributed by atoms with Gasteiger partial charge in [0.25, 0.3) is 0 Å². The molecule has 0 atom stereocenters. The Balaban J connectivity index is 1.20. The number of aryl methyl sites for hydroxylation is 1. The average Bonchev–Trinajstić information content (AvgIpc) is 3.19. The molecule has 0 aliphatic carbocycles. The molecule has 1 aromatic heterocycles. The maximum absolute atomic E-state index is 13.0. The van der Waals surface area contributed by atoms with Gasteiger partial charge in [0.1, 0.15) is 13.2 Å². The van der Waals surface area contributed by atoms with E-state index in [2.05, 4.69) is 34.0 Å². The number of H-pyrrole nitrogens is 1. The molecule has 0 spiro atoms. The molecule has 3 heterocycles. The van der Waals surface area contributed by atoms with Crippen molar-refractivity contribution >= 4 is 18.0 Å². The van der Waals surface area contributed by atoms with Gasteiger partial charge in [-0.25, -0.2) is 4.68 Å². The van der Waals surface area contributed by atoms with Crippen molar-refractivity contribution in [2.45, 2.75) is 26.4 Å². The summed E-state index contributed by atoms with van der Waals surface area (Å²) < 4.78 is 13.6. The Hall–Kier alpha value is -2.97. The first-order valence-electron chi connectivity index (χ1n) is 11.0. The molecule has 1 N–H and O–H groups in total. The molecule has 5 rings (SSSR count). The minimum atomic E-state index is 0.0201. The molecular weight excluding hydrogens is 424 g/mol. The van der Waals surface area contributed by atoms with Crippen LogP contribution in [-0.4, -0.2) is 51.8 Å². The van der Waals surface area contributed by atoms with Crippen LogP contribution in [0.25, 0.3) is 11.4 Å². The number of hydrogen-bond donors (Lipinski definition) is 1. The molecule has 2 aliphatic heterocycles. The number of ketones is 1. The van der Waals surface area contributed by atoms with Gasteiger partial charge in [0.2, 0.25) is 4.77 Å². The lowest BCUT2D eigenvalue weighted by molar-refractivity contribution is 0.0802. The van der Waals surface area contributed by atoms with Crippen molar-refractivity contribution in [3.63, 3.8) is 0 Å². The number of fused-ring (bicyclic) bond motifs is 1. The molecule has 7 nitrogen and oxygen atoms in total. The number of hydrogen-bond acceptors (Lipinski definition) is 6. The van der Waals surface area contributed by atoms with Gasteiger partial charge in [-0.05, 0) is 50.2 Å². The fourth-order valence-corrected chi connectivity index (χ4v) is 4.46. The third kappa shape index (κ3) is 4.33. The standard InChI is InChI=1S/C24H26N4O3S/c1-16-2-4-18(5-3-16)23-25-24(32)28(26-23)15-27-10-8-17(9-11-27)22(29)19-6-7-20-21(14-19)31-13-12-30-20/h2-7,14,17H,8-13,15H2,1H3,(H,25,26,32). The van der Waals surface area contributed by atoms with Gasteiger partial charge >= 0.3 is 0 Å². The smallest absolute Gasteiger partial charge is 0.217 e. The highest BCUT2D eigenvalue weighted by Crippen LogP contribution is 2.32. The molecule has 1 fully saturated rings. The van der Waals surface area contributed by atoms with Gasteiger partial charge in [0.15, 0.2) is 23.1 Å². The topological polar surface area (TPSA) is 72.4 Å². The summed E-state index contributed by atoms with van der Waals surface area (Å²) in [4.78, 5) is 19.9. The number of nitrogens with zero attached hydrogens (tertiary/aromatic N) is 3. The number of carbonyl (C=O) groups excluding carboxylic acids is 1. The fourth-order valence-electron chi connectivity index (χ4n) is 4.26. The average molecular weight is 451 g/mol. The van der Waals surface area contributed by atoms with E-state index in [4.69, 9.17) is 21.7 Å². The molecule has 2 aromatic carbocycles. The van der Waals surface area contributed by atoms with Crippen molar-refractivity contribution < 1.29 is 14.3 Å². The summed E-state index contributed by atoms with van der Waals surface area (Å²) in [6, 6.07) is 13.7. The number of aromatic nitrogens is 3. The van der Waals surface area contributed by atoms with Gasteiger partial charge in [0.05, 0.1) is 6.67 Å². The van der Waals surface area contributed by atoms with Crippen LogP contribution in [0.3, 0.4) is 0 Å². The van der Waals surface area contributed by atoms with E-state index in [-0.39, 0.29) is 11.7 Å². The SMILES string of the molecule is Cc1ccc(-c2nc(=S)n(CN3CCC(C(=O)c4ccc5c(c4)OCCO5)CC3)[nH]2)cc1. The van der Waals surface area contributed by atoms with Crippen LogP contribution in [0.5, 0.6) is 11.5 Å². The van der Waals surface area contributed by atoms with Crippen LogP contribution in [-0.2, 0) is 6.67 Å². The van der Waals surface area contributed by atoms with E-state index >= 15 is 0 Å². The zero-order valence-corrected chi connectivity index (χ0v) is 18.9. The van der Waals surface area contributed by atoms with Crippen LogP contribution in [0.2, 0.25) is 0 Å². The molecule has 1 saturated heterocycles. The summed E-state index contributed by atoms with van der Waals surface area (Å²) >= 11 is 5.46. The lowest BCUT2D eigenvalue weighted by atomic mass is 9.89. The van der Waals surface area contributed by atoms with E-state index in [0.29, 0.717) is 41.7 Å². The first kappa shape index (κ1) is 20.9. The molecule has 2 aliphatic rings. The van der Waals surface area contributed by atoms with Crippen LogP contribution in [0.15, 0.2) is 42.5 Å². The Bertz CT molecular complexity index is 1180. The highest BCUT2D eigenvalue weighted by molar-refractivity contribution is 7.71. The van der Waals surface area contributed by atoms with Gasteiger partial charge in [-0.2, -0.15) is 4.98 Å². The molecule has 8 heteroatoms. The Labute approximate surface area is 192 Å². The number of ether oxygens (including phenoxy) is 2. The van der Waals surface area contributed by atoms with Crippen molar-refractivity contribution in [3.8, 4) is 22.9 Å². The third-order valence-corrected chi connectivity index (χ3v) is 6.44. The number of benzene rings is 2. The van der Waals surface area contributed by atoms with E-state index in [9.17, 15) is 4.79 Å².